The largest absolute Gasteiger partial charge is 0.492 e. The van der Waals surface area contributed by atoms with Crippen LogP contribution in [0.5, 0.6) is 5.75 Å². The van der Waals surface area contributed by atoms with Gasteiger partial charge in [-0.05, 0) is 25.0 Å². The Hall–Kier alpha value is -1.27. The van der Waals surface area contributed by atoms with E-state index in [1.54, 1.807) is 24.3 Å². The standard InChI is InChI=1S/C14H22N2O3S/c15-12-5-4-8-14(11-12)19-9-10-20(17,18)16-13-6-2-1-3-7-13/h4-5,8,11,13,16H,1-3,6-7,9-10,15H2. The number of nitrogen functional groups attached to an aromatic ring is 1. The van der Waals surface area contributed by atoms with E-state index in [1.807, 2.05) is 0 Å². The fraction of sp³-hybridized carbons (Fsp3) is 0.571. The van der Waals surface area contributed by atoms with Crippen LogP contribution in [-0.4, -0.2) is 26.8 Å². The second-order valence-corrected chi connectivity index (χ2v) is 7.07. The van der Waals surface area contributed by atoms with Gasteiger partial charge in [-0.15, -0.1) is 0 Å². The first-order chi connectivity index (χ1) is 9.55. The van der Waals surface area contributed by atoms with Crippen LogP contribution in [0, 0.1) is 0 Å². The summed E-state index contributed by atoms with van der Waals surface area (Å²) in [6.45, 7) is 0.130. The minimum Gasteiger partial charge on any atom is -0.492 e. The summed E-state index contributed by atoms with van der Waals surface area (Å²) in [4.78, 5) is 0. The third kappa shape index (κ3) is 5.02. The molecule has 6 heteroatoms. The first kappa shape index (κ1) is 15.1. The van der Waals surface area contributed by atoms with Gasteiger partial charge in [-0.25, -0.2) is 13.1 Å². The Balaban J connectivity index is 1.77. The van der Waals surface area contributed by atoms with Crippen molar-refractivity contribution in [3.05, 3.63) is 24.3 Å². The van der Waals surface area contributed by atoms with Gasteiger partial charge in [0.05, 0.1) is 5.75 Å². The maximum absolute atomic E-state index is 11.9. The molecule has 1 aliphatic rings. The Kier molecular flexibility index (Phi) is 5.25. The molecule has 0 amide bonds. The van der Waals surface area contributed by atoms with E-state index >= 15 is 0 Å². The Morgan fingerprint density at radius 3 is 2.70 bits per heavy atom. The molecule has 1 saturated carbocycles. The quantitative estimate of drug-likeness (QED) is 0.786. The Labute approximate surface area is 120 Å². The van der Waals surface area contributed by atoms with E-state index < -0.39 is 10.0 Å². The average Bonchev–Trinajstić information content (AvgIpc) is 2.39. The van der Waals surface area contributed by atoms with Crippen LogP contribution in [-0.2, 0) is 10.0 Å². The highest BCUT2D eigenvalue weighted by molar-refractivity contribution is 7.89. The summed E-state index contributed by atoms with van der Waals surface area (Å²) in [5, 5.41) is 0. The zero-order valence-corrected chi connectivity index (χ0v) is 12.4. The van der Waals surface area contributed by atoms with Crippen LogP contribution in [0.4, 0.5) is 5.69 Å². The first-order valence-corrected chi connectivity index (χ1v) is 8.69. The lowest BCUT2D eigenvalue weighted by molar-refractivity contribution is 0.339. The maximum atomic E-state index is 11.9. The molecular weight excluding hydrogens is 276 g/mol. The highest BCUT2D eigenvalue weighted by Crippen LogP contribution is 2.18. The fourth-order valence-corrected chi connectivity index (χ4v) is 3.57. The summed E-state index contributed by atoms with van der Waals surface area (Å²) in [6, 6.07) is 7.08. The molecule has 20 heavy (non-hydrogen) atoms. The minimum absolute atomic E-state index is 0.0295. The van der Waals surface area contributed by atoms with Crippen LogP contribution in [0.25, 0.3) is 0 Å². The third-order valence-electron chi connectivity index (χ3n) is 3.43. The molecule has 0 saturated heterocycles. The lowest BCUT2D eigenvalue weighted by Gasteiger charge is -2.22. The number of rotatable bonds is 6. The molecular formula is C14H22N2O3S. The third-order valence-corrected chi connectivity index (χ3v) is 4.83. The van der Waals surface area contributed by atoms with Crippen molar-refractivity contribution in [2.45, 2.75) is 38.1 Å². The zero-order chi connectivity index (χ0) is 14.4. The molecule has 0 atom stereocenters. The van der Waals surface area contributed by atoms with Crippen molar-refractivity contribution in [1.29, 1.82) is 0 Å². The van der Waals surface area contributed by atoms with Crippen molar-refractivity contribution in [3.8, 4) is 5.75 Å². The van der Waals surface area contributed by atoms with Crippen LogP contribution >= 0.6 is 0 Å². The van der Waals surface area contributed by atoms with E-state index in [0.717, 1.165) is 25.7 Å². The van der Waals surface area contributed by atoms with Gasteiger partial charge in [0, 0.05) is 17.8 Å². The molecule has 0 aromatic heterocycles. The normalized spacial score (nSPS) is 17.0. The number of hydrogen-bond donors (Lipinski definition) is 2. The Bertz CT molecular complexity index is 525. The van der Waals surface area contributed by atoms with Crippen LogP contribution in [0.2, 0.25) is 0 Å². The molecule has 5 nitrogen and oxygen atoms in total. The van der Waals surface area contributed by atoms with Crippen molar-refractivity contribution in [3.63, 3.8) is 0 Å². The number of anilines is 1. The fourth-order valence-electron chi connectivity index (χ4n) is 2.41. The van der Waals surface area contributed by atoms with Crippen molar-refractivity contribution in [2.24, 2.45) is 0 Å². The summed E-state index contributed by atoms with van der Waals surface area (Å²) in [5.74, 6) is 0.566. The van der Waals surface area contributed by atoms with Gasteiger partial charge in [0.25, 0.3) is 0 Å². The number of sulfonamides is 1. The number of benzene rings is 1. The highest BCUT2D eigenvalue weighted by Gasteiger charge is 2.19. The van der Waals surface area contributed by atoms with Crippen LogP contribution in [0.3, 0.4) is 0 Å². The van der Waals surface area contributed by atoms with Gasteiger partial charge in [0.15, 0.2) is 0 Å². The molecule has 1 aliphatic carbocycles. The SMILES string of the molecule is Nc1cccc(OCCS(=O)(=O)NC2CCCCC2)c1. The number of nitrogens with two attached hydrogens (primary N) is 1. The molecule has 1 aromatic rings. The van der Waals surface area contributed by atoms with Crippen molar-refractivity contribution in [1.82, 2.24) is 4.72 Å². The van der Waals surface area contributed by atoms with Crippen LogP contribution in [0.15, 0.2) is 24.3 Å². The lowest BCUT2D eigenvalue weighted by atomic mass is 9.96. The Morgan fingerprint density at radius 1 is 1.25 bits per heavy atom. The highest BCUT2D eigenvalue weighted by atomic mass is 32.2. The van der Waals surface area contributed by atoms with E-state index in [4.69, 9.17) is 10.5 Å². The monoisotopic (exact) mass is 298 g/mol. The maximum Gasteiger partial charge on any atom is 0.215 e. The lowest BCUT2D eigenvalue weighted by Crippen LogP contribution is -2.38. The molecule has 2 rings (SSSR count). The van der Waals surface area contributed by atoms with Gasteiger partial charge in [0.2, 0.25) is 10.0 Å². The van der Waals surface area contributed by atoms with E-state index in [9.17, 15) is 8.42 Å². The van der Waals surface area contributed by atoms with Gasteiger partial charge in [-0.1, -0.05) is 25.3 Å². The van der Waals surface area contributed by atoms with Gasteiger partial charge in [0.1, 0.15) is 12.4 Å². The summed E-state index contributed by atoms with van der Waals surface area (Å²) in [5.41, 5.74) is 6.23. The predicted octanol–water partition coefficient (Wildman–Crippen LogP) is 1.90. The van der Waals surface area contributed by atoms with Crippen LogP contribution < -0.4 is 15.2 Å². The second-order valence-electron chi connectivity index (χ2n) is 5.19. The van der Waals surface area contributed by atoms with Crippen LogP contribution in [0.1, 0.15) is 32.1 Å². The molecule has 1 fully saturated rings. The molecule has 112 valence electrons. The summed E-state index contributed by atoms with van der Waals surface area (Å²) in [7, 11) is -3.27. The summed E-state index contributed by atoms with van der Waals surface area (Å²) < 4.78 is 32.1. The number of hydrogen-bond acceptors (Lipinski definition) is 4. The molecule has 0 radical (unpaired) electrons. The van der Waals surface area contributed by atoms with E-state index in [-0.39, 0.29) is 18.4 Å². The predicted molar refractivity (Wildman–Crippen MR) is 80.1 cm³/mol. The number of nitrogens with one attached hydrogen (secondary N) is 1. The van der Waals surface area contributed by atoms with Gasteiger partial charge >= 0.3 is 0 Å². The van der Waals surface area contributed by atoms with Crippen molar-refractivity contribution >= 4 is 15.7 Å². The van der Waals surface area contributed by atoms with Gasteiger partial charge in [-0.3, -0.25) is 0 Å². The van der Waals surface area contributed by atoms with Crippen molar-refractivity contribution in [2.75, 3.05) is 18.1 Å². The van der Waals surface area contributed by atoms with Gasteiger partial charge < -0.3 is 10.5 Å². The second kappa shape index (κ2) is 6.95. The molecule has 0 bridgehead atoms. The Morgan fingerprint density at radius 2 is 2.00 bits per heavy atom. The first-order valence-electron chi connectivity index (χ1n) is 7.03. The smallest absolute Gasteiger partial charge is 0.215 e. The van der Waals surface area contributed by atoms with E-state index in [0.29, 0.717) is 11.4 Å². The molecule has 1 aromatic carbocycles. The molecule has 0 unspecified atom stereocenters. The van der Waals surface area contributed by atoms with Gasteiger partial charge in [-0.2, -0.15) is 0 Å². The zero-order valence-electron chi connectivity index (χ0n) is 11.5. The average molecular weight is 298 g/mol. The van der Waals surface area contributed by atoms with Crippen molar-refractivity contribution < 1.29 is 13.2 Å². The summed E-state index contributed by atoms with van der Waals surface area (Å²) in [6.07, 6.45) is 5.29. The molecule has 3 N–H and O–H groups in total. The summed E-state index contributed by atoms with van der Waals surface area (Å²) >= 11 is 0. The molecule has 0 aliphatic heterocycles. The molecule has 0 spiro atoms. The minimum atomic E-state index is -3.27. The number of ether oxygens (including phenoxy) is 1. The van der Waals surface area contributed by atoms with E-state index in [1.165, 1.54) is 6.42 Å². The van der Waals surface area contributed by atoms with E-state index in [2.05, 4.69) is 4.72 Å². The topological polar surface area (TPSA) is 81.4 Å². The molecule has 0 heterocycles.